The minimum absolute atomic E-state index is 0.0194. The average Bonchev–Trinajstić information content (AvgIpc) is 2.76. The van der Waals surface area contributed by atoms with Crippen molar-refractivity contribution in [2.75, 3.05) is 6.61 Å². The van der Waals surface area contributed by atoms with Gasteiger partial charge >= 0.3 is 0 Å². The van der Waals surface area contributed by atoms with Crippen molar-refractivity contribution in [3.8, 4) is 5.75 Å². The van der Waals surface area contributed by atoms with E-state index in [-0.39, 0.29) is 5.78 Å². The van der Waals surface area contributed by atoms with Crippen LogP contribution < -0.4 is 4.74 Å². The standard InChI is InChI=1S/C13H13NO2S/c1-3-16-11-7-5-4-6-10(11)12(15)13-9(2)14-8-17-13/h4-8H,3H2,1-2H3. The summed E-state index contributed by atoms with van der Waals surface area (Å²) in [5.74, 6) is 0.613. The summed E-state index contributed by atoms with van der Waals surface area (Å²) in [6, 6.07) is 7.30. The molecule has 1 heterocycles. The number of thiazole rings is 1. The highest BCUT2D eigenvalue weighted by atomic mass is 32.1. The molecule has 0 amide bonds. The number of aromatic nitrogens is 1. The highest BCUT2D eigenvalue weighted by molar-refractivity contribution is 7.12. The highest BCUT2D eigenvalue weighted by Gasteiger charge is 2.17. The smallest absolute Gasteiger partial charge is 0.208 e. The monoisotopic (exact) mass is 247 g/mol. The Hall–Kier alpha value is -1.68. The molecule has 17 heavy (non-hydrogen) atoms. The Morgan fingerprint density at radius 2 is 2.18 bits per heavy atom. The first-order valence-electron chi connectivity index (χ1n) is 5.40. The van der Waals surface area contributed by atoms with E-state index in [1.165, 1.54) is 11.3 Å². The van der Waals surface area contributed by atoms with Crippen LogP contribution in [0.1, 0.15) is 27.9 Å². The molecular weight excluding hydrogens is 234 g/mol. The van der Waals surface area contributed by atoms with Crippen LogP contribution in [0.2, 0.25) is 0 Å². The Labute approximate surface area is 104 Å². The van der Waals surface area contributed by atoms with Gasteiger partial charge in [0.1, 0.15) is 5.75 Å². The van der Waals surface area contributed by atoms with Gasteiger partial charge in [-0.1, -0.05) is 12.1 Å². The highest BCUT2D eigenvalue weighted by Crippen LogP contribution is 2.24. The third-order valence-corrected chi connectivity index (χ3v) is 3.31. The van der Waals surface area contributed by atoms with E-state index in [1.54, 1.807) is 11.6 Å². The van der Waals surface area contributed by atoms with Crippen LogP contribution in [0.3, 0.4) is 0 Å². The molecule has 4 heteroatoms. The van der Waals surface area contributed by atoms with E-state index in [1.807, 2.05) is 32.0 Å². The van der Waals surface area contributed by atoms with E-state index in [9.17, 15) is 4.79 Å². The molecule has 2 aromatic rings. The first kappa shape index (κ1) is 11.8. The number of rotatable bonds is 4. The van der Waals surface area contributed by atoms with Crippen molar-refractivity contribution in [1.29, 1.82) is 0 Å². The molecular formula is C13H13NO2S. The van der Waals surface area contributed by atoms with Crippen molar-refractivity contribution in [2.45, 2.75) is 13.8 Å². The van der Waals surface area contributed by atoms with Gasteiger partial charge in [0.15, 0.2) is 0 Å². The van der Waals surface area contributed by atoms with Gasteiger partial charge in [0.2, 0.25) is 5.78 Å². The summed E-state index contributed by atoms with van der Waals surface area (Å²) in [6.45, 7) is 4.29. The molecule has 88 valence electrons. The quantitative estimate of drug-likeness (QED) is 0.779. The van der Waals surface area contributed by atoms with Crippen LogP contribution in [0.25, 0.3) is 0 Å². The summed E-state index contributed by atoms with van der Waals surface area (Å²) < 4.78 is 5.46. The van der Waals surface area contributed by atoms with Gasteiger partial charge in [0.25, 0.3) is 0 Å². The van der Waals surface area contributed by atoms with Crippen molar-refractivity contribution < 1.29 is 9.53 Å². The lowest BCUT2D eigenvalue weighted by molar-refractivity contribution is 0.103. The van der Waals surface area contributed by atoms with Crippen LogP contribution in [-0.4, -0.2) is 17.4 Å². The fourth-order valence-corrected chi connectivity index (χ4v) is 2.33. The van der Waals surface area contributed by atoms with Gasteiger partial charge in [-0.05, 0) is 26.0 Å². The minimum Gasteiger partial charge on any atom is -0.493 e. The Morgan fingerprint density at radius 1 is 1.41 bits per heavy atom. The zero-order chi connectivity index (χ0) is 12.3. The van der Waals surface area contributed by atoms with E-state index in [0.717, 1.165) is 5.69 Å². The van der Waals surface area contributed by atoms with Gasteiger partial charge in [0.05, 0.1) is 28.3 Å². The fourth-order valence-electron chi connectivity index (χ4n) is 1.58. The van der Waals surface area contributed by atoms with E-state index < -0.39 is 0 Å². The second-order valence-corrected chi connectivity index (χ2v) is 4.38. The SMILES string of the molecule is CCOc1ccccc1C(=O)c1scnc1C. The topological polar surface area (TPSA) is 39.2 Å². The fraction of sp³-hybridized carbons (Fsp3) is 0.231. The molecule has 0 saturated heterocycles. The third kappa shape index (κ3) is 2.36. The average molecular weight is 247 g/mol. The Morgan fingerprint density at radius 3 is 2.82 bits per heavy atom. The van der Waals surface area contributed by atoms with Gasteiger partial charge in [-0.25, -0.2) is 4.98 Å². The predicted octanol–water partition coefficient (Wildman–Crippen LogP) is 3.08. The molecule has 0 N–H and O–H groups in total. The maximum Gasteiger partial charge on any atom is 0.208 e. The summed E-state index contributed by atoms with van der Waals surface area (Å²) in [7, 11) is 0. The zero-order valence-corrected chi connectivity index (χ0v) is 10.6. The van der Waals surface area contributed by atoms with Crippen LogP contribution in [0.5, 0.6) is 5.75 Å². The Bertz CT molecular complexity index is 534. The lowest BCUT2D eigenvalue weighted by atomic mass is 10.1. The molecule has 0 unspecified atom stereocenters. The number of aryl methyl sites for hydroxylation is 1. The summed E-state index contributed by atoms with van der Waals surface area (Å²) in [6.07, 6.45) is 0. The number of nitrogens with zero attached hydrogens (tertiary/aromatic N) is 1. The molecule has 1 aromatic carbocycles. The second kappa shape index (κ2) is 5.10. The van der Waals surface area contributed by atoms with Gasteiger partial charge in [-0.3, -0.25) is 4.79 Å². The van der Waals surface area contributed by atoms with Crippen molar-refractivity contribution in [2.24, 2.45) is 0 Å². The Balaban J connectivity index is 2.40. The molecule has 0 radical (unpaired) electrons. The minimum atomic E-state index is -0.0194. The van der Waals surface area contributed by atoms with Gasteiger partial charge in [-0.15, -0.1) is 11.3 Å². The molecule has 0 atom stereocenters. The number of carbonyl (C=O) groups excluding carboxylic acids is 1. The second-order valence-electron chi connectivity index (χ2n) is 3.53. The maximum atomic E-state index is 12.3. The number of hydrogen-bond donors (Lipinski definition) is 0. The van der Waals surface area contributed by atoms with Crippen LogP contribution in [0.15, 0.2) is 29.8 Å². The number of hydrogen-bond acceptors (Lipinski definition) is 4. The molecule has 0 spiro atoms. The van der Waals surface area contributed by atoms with Gasteiger partial charge in [-0.2, -0.15) is 0 Å². The molecule has 2 rings (SSSR count). The first-order valence-corrected chi connectivity index (χ1v) is 6.28. The Kier molecular flexibility index (Phi) is 3.54. The largest absolute Gasteiger partial charge is 0.493 e. The van der Waals surface area contributed by atoms with Gasteiger partial charge < -0.3 is 4.74 Å². The van der Waals surface area contributed by atoms with Crippen molar-refractivity contribution in [1.82, 2.24) is 4.98 Å². The van der Waals surface area contributed by atoms with E-state index in [0.29, 0.717) is 22.8 Å². The summed E-state index contributed by atoms with van der Waals surface area (Å²) in [4.78, 5) is 17.1. The van der Waals surface area contributed by atoms with E-state index in [2.05, 4.69) is 4.98 Å². The molecule has 0 bridgehead atoms. The van der Waals surface area contributed by atoms with E-state index >= 15 is 0 Å². The third-order valence-electron chi connectivity index (χ3n) is 2.38. The van der Waals surface area contributed by atoms with Crippen molar-refractivity contribution in [3.63, 3.8) is 0 Å². The van der Waals surface area contributed by atoms with Crippen LogP contribution in [-0.2, 0) is 0 Å². The molecule has 0 aliphatic heterocycles. The van der Waals surface area contributed by atoms with E-state index in [4.69, 9.17) is 4.74 Å². The number of para-hydroxylation sites is 1. The molecule has 0 aliphatic carbocycles. The lowest BCUT2D eigenvalue weighted by Gasteiger charge is -2.08. The molecule has 0 fully saturated rings. The summed E-state index contributed by atoms with van der Waals surface area (Å²) >= 11 is 1.36. The number of benzene rings is 1. The summed E-state index contributed by atoms with van der Waals surface area (Å²) in [5.41, 5.74) is 3.05. The first-order chi connectivity index (χ1) is 8.24. The normalized spacial score (nSPS) is 10.2. The van der Waals surface area contributed by atoms with Crippen LogP contribution >= 0.6 is 11.3 Å². The number of ketones is 1. The van der Waals surface area contributed by atoms with Crippen molar-refractivity contribution >= 4 is 17.1 Å². The lowest BCUT2D eigenvalue weighted by Crippen LogP contribution is -2.05. The van der Waals surface area contributed by atoms with Crippen molar-refractivity contribution in [3.05, 3.63) is 45.9 Å². The van der Waals surface area contributed by atoms with Crippen LogP contribution in [0, 0.1) is 6.92 Å². The predicted molar refractivity (Wildman–Crippen MR) is 67.9 cm³/mol. The van der Waals surface area contributed by atoms with Gasteiger partial charge in [0, 0.05) is 0 Å². The zero-order valence-electron chi connectivity index (χ0n) is 9.77. The van der Waals surface area contributed by atoms with Crippen LogP contribution in [0.4, 0.5) is 0 Å². The maximum absolute atomic E-state index is 12.3. The molecule has 1 aromatic heterocycles. The number of carbonyl (C=O) groups is 1. The number of ether oxygens (including phenoxy) is 1. The molecule has 0 aliphatic rings. The molecule has 3 nitrogen and oxygen atoms in total. The summed E-state index contributed by atoms with van der Waals surface area (Å²) in [5, 5.41) is 0. The molecule has 0 saturated carbocycles.